The molecule has 0 saturated carbocycles. The highest BCUT2D eigenvalue weighted by Crippen LogP contribution is 2.13. The lowest BCUT2D eigenvalue weighted by molar-refractivity contribution is -0.123. The predicted octanol–water partition coefficient (Wildman–Crippen LogP) is 0.676. The van der Waals surface area contributed by atoms with Crippen LogP contribution in [0.4, 0.5) is 5.82 Å². The number of hydrogen-bond acceptors (Lipinski definition) is 6. The maximum absolute atomic E-state index is 12.3. The molecule has 1 saturated heterocycles. The molecule has 3 rings (SSSR count). The van der Waals surface area contributed by atoms with Crippen molar-refractivity contribution in [2.45, 2.75) is 38.9 Å². The summed E-state index contributed by atoms with van der Waals surface area (Å²) in [4.78, 5) is 24.8. The van der Waals surface area contributed by atoms with E-state index in [0.717, 1.165) is 17.9 Å². The highest BCUT2D eigenvalue weighted by molar-refractivity contribution is 5.76. The normalized spacial score (nSPS) is 20.6. The van der Waals surface area contributed by atoms with Gasteiger partial charge in [-0.3, -0.25) is 4.79 Å². The number of rotatable bonds is 5. The average Bonchev–Trinajstić information content (AvgIpc) is 2.94. The number of ether oxygens (including phenoxy) is 1. The second-order valence-electron chi connectivity index (χ2n) is 5.94. The molecule has 0 aromatic carbocycles. The minimum absolute atomic E-state index is 0.00894. The number of aryl methyl sites for hydroxylation is 2. The Morgan fingerprint density at radius 1 is 1.42 bits per heavy atom. The Morgan fingerprint density at radius 3 is 3.04 bits per heavy atom. The number of imidazole rings is 1. The molecule has 0 aliphatic carbocycles. The van der Waals surface area contributed by atoms with Crippen LogP contribution < -0.4 is 10.6 Å². The van der Waals surface area contributed by atoms with E-state index in [1.54, 1.807) is 18.7 Å². The van der Waals surface area contributed by atoms with Gasteiger partial charge in [-0.2, -0.15) is 0 Å². The van der Waals surface area contributed by atoms with Gasteiger partial charge >= 0.3 is 0 Å². The third-order valence-electron chi connectivity index (χ3n) is 4.05. The number of hydrogen-bond donors (Lipinski definition) is 2. The third-order valence-corrected chi connectivity index (χ3v) is 4.05. The number of carbonyl (C=O) groups excluding carboxylic acids is 1. The number of amides is 1. The zero-order valence-electron chi connectivity index (χ0n) is 13.9. The fourth-order valence-electron chi connectivity index (χ4n) is 2.74. The average molecular weight is 330 g/mol. The summed E-state index contributed by atoms with van der Waals surface area (Å²) in [7, 11) is 0. The van der Waals surface area contributed by atoms with Crippen LogP contribution in [0.25, 0.3) is 0 Å². The van der Waals surface area contributed by atoms with Crippen LogP contribution in [-0.4, -0.2) is 50.7 Å². The van der Waals surface area contributed by atoms with Crippen molar-refractivity contribution in [2.75, 3.05) is 18.5 Å². The number of aromatic nitrogens is 4. The SMILES string of the molecule is Cc1nccc(N[C@@H]2COCC[C@@H]2NC(=O)Cn2cncc2C)n1. The van der Waals surface area contributed by atoms with Gasteiger partial charge in [-0.1, -0.05) is 0 Å². The Labute approximate surface area is 140 Å². The maximum atomic E-state index is 12.3. The van der Waals surface area contributed by atoms with Crippen molar-refractivity contribution >= 4 is 11.7 Å². The number of nitrogens with zero attached hydrogens (tertiary/aromatic N) is 4. The predicted molar refractivity (Wildman–Crippen MR) is 88.5 cm³/mol. The molecule has 1 fully saturated rings. The second kappa shape index (κ2) is 7.39. The van der Waals surface area contributed by atoms with Gasteiger partial charge in [0.15, 0.2) is 0 Å². The first-order valence-electron chi connectivity index (χ1n) is 8.02. The first-order chi connectivity index (χ1) is 11.6. The van der Waals surface area contributed by atoms with E-state index < -0.39 is 0 Å². The van der Waals surface area contributed by atoms with Gasteiger partial charge in [0.25, 0.3) is 0 Å². The Balaban J connectivity index is 1.61. The zero-order chi connectivity index (χ0) is 16.9. The Morgan fingerprint density at radius 2 is 2.29 bits per heavy atom. The molecule has 2 N–H and O–H groups in total. The van der Waals surface area contributed by atoms with Crippen LogP contribution in [0.5, 0.6) is 0 Å². The summed E-state index contributed by atoms with van der Waals surface area (Å²) in [5.41, 5.74) is 0.961. The standard InChI is InChI=1S/C16H22N6O2/c1-11-7-17-10-22(11)8-16(23)21-13-4-6-24-9-14(13)20-15-3-5-18-12(2)19-15/h3,5,7,10,13-14H,4,6,8-9H2,1-2H3,(H,21,23)(H,18,19,20)/t13-,14+/m0/s1. The molecule has 3 heterocycles. The molecule has 0 bridgehead atoms. The minimum Gasteiger partial charge on any atom is -0.379 e. The van der Waals surface area contributed by atoms with E-state index in [1.807, 2.05) is 24.5 Å². The van der Waals surface area contributed by atoms with E-state index in [-0.39, 0.29) is 24.5 Å². The highest BCUT2D eigenvalue weighted by atomic mass is 16.5. The molecular formula is C16H22N6O2. The van der Waals surface area contributed by atoms with Crippen LogP contribution in [-0.2, 0) is 16.1 Å². The van der Waals surface area contributed by atoms with Crippen molar-refractivity contribution in [3.8, 4) is 0 Å². The molecule has 0 radical (unpaired) electrons. The number of nitrogens with one attached hydrogen (secondary N) is 2. The van der Waals surface area contributed by atoms with Crippen molar-refractivity contribution in [2.24, 2.45) is 0 Å². The molecular weight excluding hydrogens is 308 g/mol. The van der Waals surface area contributed by atoms with Crippen LogP contribution in [0.15, 0.2) is 24.8 Å². The molecule has 2 atom stereocenters. The Hall–Kier alpha value is -2.48. The van der Waals surface area contributed by atoms with Gasteiger partial charge in [0.05, 0.1) is 25.0 Å². The monoisotopic (exact) mass is 330 g/mol. The second-order valence-corrected chi connectivity index (χ2v) is 5.94. The van der Waals surface area contributed by atoms with Crippen LogP contribution >= 0.6 is 0 Å². The summed E-state index contributed by atoms with van der Waals surface area (Å²) in [5.74, 6) is 1.41. The van der Waals surface area contributed by atoms with Crippen LogP contribution in [0, 0.1) is 13.8 Å². The smallest absolute Gasteiger partial charge is 0.240 e. The topological polar surface area (TPSA) is 94.0 Å². The van der Waals surface area contributed by atoms with E-state index in [2.05, 4.69) is 25.6 Å². The number of carbonyl (C=O) groups is 1. The van der Waals surface area contributed by atoms with Gasteiger partial charge in [0.1, 0.15) is 18.2 Å². The van der Waals surface area contributed by atoms with Gasteiger partial charge in [-0.05, 0) is 26.3 Å². The summed E-state index contributed by atoms with van der Waals surface area (Å²) < 4.78 is 7.37. The van der Waals surface area contributed by atoms with Crippen molar-refractivity contribution in [1.29, 1.82) is 0 Å². The summed E-state index contributed by atoms with van der Waals surface area (Å²) in [6.45, 7) is 5.20. The van der Waals surface area contributed by atoms with Gasteiger partial charge in [-0.15, -0.1) is 0 Å². The molecule has 24 heavy (non-hydrogen) atoms. The minimum atomic E-state index is -0.0336. The molecule has 0 spiro atoms. The van der Waals surface area contributed by atoms with Crippen LogP contribution in [0.3, 0.4) is 0 Å². The van der Waals surface area contributed by atoms with E-state index in [0.29, 0.717) is 19.0 Å². The molecule has 8 nitrogen and oxygen atoms in total. The van der Waals surface area contributed by atoms with Gasteiger partial charge < -0.3 is 19.9 Å². The van der Waals surface area contributed by atoms with Crippen molar-refractivity contribution in [1.82, 2.24) is 24.8 Å². The van der Waals surface area contributed by atoms with Crippen molar-refractivity contribution in [3.63, 3.8) is 0 Å². The largest absolute Gasteiger partial charge is 0.379 e. The summed E-state index contributed by atoms with van der Waals surface area (Å²) in [6.07, 6.45) is 5.88. The van der Waals surface area contributed by atoms with Crippen LogP contribution in [0.1, 0.15) is 17.9 Å². The van der Waals surface area contributed by atoms with Crippen molar-refractivity contribution < 1.29 is 9.53 Å². The summed E-state index contributed by atoms with van der Waals surface area (Å²) in [5, 5.41) is 6.43. The lowest BCUT2D eigenvalue weighted by atomic mass is 10.0. The summed E-state index contributed by atoms with van der Waals surface area (Å²) >= 11 is 0. The van der Waals surface area contributed by atoms with Crippen LogP contribution in [0.2, 0.25) is 0 Å². The molecule has 2 aromatic heterocycles. The molecule has 128 valence electrons. The number of anilines is 1. The first-order valence-corrected chi connectivity index (χ1v) is 8.02. The van der Waals surface area contributed by atoms with Gasteiger partial charge in [0, 0.05) is 24.7 Å². The van der Waals surface area contributed by atoms with E-state index in [4.69, 9.17) is 4.74 Å². The highest BCUT2D eigenvalue weighted by Gasteiger charge is 2.27. The molecule has 2 aromatic rings. The summed E-state index contributed by atoms with van der Waals surface area (Å²) in [6, 6.07) is 1.78. The third kappa shape index (κ3) is 4.08. The molecule has 8 heteroatoms. The van der Waals surface area contributed by atoms with Gasteiger partial charge in [-0.25, -0.2) is 15.0 Å². The first kappa shape index (κ1) is 16.4. The molecule has 1 amide bonds. The lowest BCUT2D eigenvalue weighted by Crippen LogP contribution is -2.52. The molecule has 1 aliphatic rings. The quantitative estimate of drug-likeness (QED) is 0.837. The maximum Gasteiger partial charge on any atom is 0.240 e. The Bertz CT molecular complexity index is 701. The zero-order valence-corrected chi connectivity index (χ0v) is 13.9. The molecule has 0 unspecified atom stereocenters. The van der Waals surface area contributed by atoms with E-state index in [9.17, 15) is 4.79 Å². The Kier molecular flexibility index (Phi) is 5.05. The van der Waals surface area contributed by atoms with E-state index in [1.165, 1.54) is 0 Å². The molecule has 1 aliphatic heterocycles. The van der Waals surface area contributed by atoms with Crippen molar-refractivity contribution in [3.05, 3.63) is 36.3 Å². The van der Waals surface area contributed by atoms with E-state index >= 15 is 0 Å². The fourth-order valence-corrected chi connectivity index (χ4v) is 2.74. The lowest BCUT2D eigenvalue weighted by Gasteiger charge is -2.33. The van der Waals surface area contributed by atoms with Gasteiger partial charge in [0.2, 0.25) is 5.91 Å². The fraction of sp³-hybridized carbons (Fsp3) is 0.500.